The van der Waals surface area contributed by atoms with E-state index in [9.17, 15) is 4.79 Å². The molecule has 4 heterocycles. The van der Waals surface area contributed by atoms with Gasteiger partial charge in [-0.15, -0.1) is 5.10 Å². The van der Waals surface area contributed by atoms with Gasteiger partial charge in [0.1, 0.15) is 11.5 Å². The van der Waals surface area contributed by atoms with Gasteiger partial charge < -0.3 is 15.1 Å². The number of aryl methyl sites for hydroxylation is 1. The van der Waals surface area contributed by atoms with Gasteiger partial charge in [0.2, 0.25) is 0 Å². The number of likely N-dealkylation sites (N-methyl/N-ethyl adjacent to an activating group) is 1. The summed E-state index contributed by atoms with van der Waals surface area (Å²) in [6.45, 7) is 3.88. The van der Waals surface area contributed by atoms with Crippen molar-refractivity contribution in [2.45, 2.75) is 0 Å². The van der Waals surface area contributed by atoms with Crippen molar-refractivity contribution in [3.63, 3.8) is 0 Å². The van der Waals surface area contributed by atoms with Crippen LogP contribution in [0.2, 0.25) is 0 Å². The van der Waals surface area contributed by atoms with Gasteiger partial charge in [-0.1, -0.05) is 0 Å². The second kappa shape index (κ2) is 6.73. The van der Waals surface area contributed by atoms with Crippen molar-refractivity contribution >= 4 is 38.9 Å². The first-order valence-electron chi connectivity index (χ1n) is 8.44. The number of carbonyl (C=O) groups is 1. The molecule has 4 rings (SSSR count). The molecule has 0 radical (unpaired) electrons. The number of amides is 1. The van der Waals surface area contributed by atoms with Crippen LogP contribution in [0, 0.1) is 0 Å². The molecule has 3 aromatic rings. The van der Waals surface area contributed by atoms with E-state index in [1.807, 2.05) is 18.2 Å². The fourth-order valence-corrected chi connectivity index (χ4v) is 3.54. The summed E-state index contributed by atoms with van der Waals surface area (Å²) in [4.78, 5) is 17.3. The number of nitrogens with one attached hydrogen (secondary N) is 1. The van der Waals surface area contributed by atoms with Crippen LogP contribution in [0.3, 0.4) is 0 Å². The Morgan fingerprint density at radius 2 is 1.81 bits per heavy atom. The van der Waals surface area contributed by atoms with E-state index in [2.05, 4.69) is 43.2 Å². The topological polar surface area (TPSA) is 70.7 Å². The predicted octanol–water partition coefficient (Wildman–Crippen LogP) is 1.83. The first-order chi connectivity index (χ1) is 12.5. The van der Waals surface area contributed by atoms with Gasteiger partial charge in [0.25, 0.3) is 5.91 Å². The zero-order valence-electron chi connectivity index (χ0n) is 14.7. The predicted molar refractivity (Wildman–Crippen MR) is 104 cm³/mol. The highest BCUT2D eigenvalue weighted by Crippen LogP contribution is 2.21. The Morgan fingerprint density at radius 1 is 1.08 bits per heavy atom. The third kappa shape index (κ3) is 3.19. The normalized spacial score (nSPS) is 15.6. The van der Waals surface area contributed by atoms with Gasteiger partial charge in [-0.3, -0.25) is 9.48 Å². The van der Waals surface area contributed by atoms with E-state index < -0.39 is 0 Å². The molecule has 0 unspecified atom stereocenters. The molecule has 1 fully saturated rings. The van der Waals surface area contributed by atoms with Gasteiger partial charge in [0.05, 0.1) is 11.2 Å². The number of fused-ring (bicyclic) bond motifs is 1. The summed E-state index contributed by atoms with van der Waals surface area (Å²) < 4.78 is 3.94. The number of nitrogens with zero attached hydrogens (tertiary/aromatic N) is 6. The van der Waals surface area contributed by atoms with Crippen LogP contribution >= 0.6 is 15.9 Å². The molecule has 1 amide bonds. The molecule has 8 nitrogen and oxygen atoms in total. The van der Waals surface area contributed by atoms with E-state index in [1.54, 1.807) is 28.5 Å². The zero-order chi connectivity index (χ0) is 18.3. The molecule has 0 aromatic carbocycles. The minimum absolute atomic E-state index is 0.221. The monoisotopic (exact) mass is 417 g/mol. The van der Waals surface area contributed by atoms with E-state index in [1.165, 1.54) is 0 Å². The van der Waals surface area contributed by atoms with Crippen LogP contribution < -0.4 is 10.2 Å². The van der Waals surface area contributed by atoms with Gasteiger partial charge in [-0.2, -0.15) is 5.10 Å². The molecular weight excluding hydrogens is 398 g/mol. The zero-order valence-corrected chi connectivity index (χ0v) is 16.3. The molecule has 0 saturated carbocycles. The summed E-state index contributed by atoms with van der Waals surface area (Å²) in [5.74, 6) is 0.667. The number of hydrogen-bond donors (Lipinski definition) is 1. The Balaban J connectivity index is 1.62. The number of piperazine rings is 1. The maximum Gasteiger partial charge on any atom is 0.274 e. The number of halogens is 1. The maximum atomic E-state index is 12.7. The van der Waals surface area contributed by atoms with E-state index >= 15 is 0 Å². The Labute approximate surface area is 159 Å². The third-order valence-electron chi connectivity index (χ3n) is 4.58. The smallest absolute Gasteiger partial charge is 0.274 e. The first kappa shape index (κ1) is 17.0. The molecule has 0 aliphatic carbocycles. The van der Waals surface area contributed by atoms with E-state index in [-0.39, 0.29) is 5.91 Å². The highest BCUT2D eigenvalue weighted by Gasteiger charge is 2.18. The summed E-state index contributed by atoms with van der Waals surface area (Å²) in [6, 6.07) is 7.70. The number of hydrogen-bond acceptors (Lipinski definition) is 5. The molecule has 1 aliphatic heterocycles. The Morgan fingerprint density at radius 3 is 2.50 bits per heavy atom. The number of anilines is 2. The summed E-state index contributed by atoms with van der Waals surface area (Å²) in [7, 11) is 3.93. The lowest BCUT2D eigenvalue weighted by atomic mass is 10.3. The summed E-state index contributed by atoms with van der Waals surface area (Å²) in [5, 5.41) is 11.8. The van der Waals surface area contributed by atoms with E-state index in [0.717, 1.165) is 37.5 Å². The lowest BCUT2D eigenvalue weighted by Crippen LogP contribution is -2.45. The molecule has 1 N–H and O–H groups in total. The number of carbonyl (C=O) groups excluding carboxylic acids is 1. The summed E-state index contributed by atoms with van der Waals surface area (Å²) in [6.07, 6.45) is 1.75. The van der Waals surface area contributed by atoms with Crippen LogP contribution in [-0.2, 0) is 7.05 Å². The maximum absolute atomic E-state index is 12.7. The molecule has 3 aromatic heterocycles. The van der Waals surface area contributed by atoms with Crippen LogP contribution in [0.25, 0.3) is 5.52 Å². The Kier molecular flexibility index (Phi) is 4.41. The third-order valence-corrected chi connectivity index (χ3v) is 5.17. The van der Waals surface area contributed by atoms with Crippen molar-refractivity contribution in [3.8, 4) is 0 Å². The molecule has 0 bridgehead atoms. The summed E-state index contributed by atoms with van der Waals surface area (Å²) >= 11 is 3.35. The average Bonchev–Trinajstić information content (AvgIpc) is 3.18. The Bertz CT molecular complexity index is 955. The van der Waals surface area contributed by atoms with Crippen molar-refractivity contribution in [1.82, 2.24) is 24.3 Å². The molecule has 9 heteroatoms. The van der Waals surface area contributed by atoms with Crippen molar-refractivity contribution in [3.05, 3.63) is 40.8 Å². The van der Waals surface area contributed by atoms with Crippen LogP contribution in [0.15, 0.2) is 35.1 Å². The van der Waals surface area contributed by atoms with Gasteiger partial charge in [-0.05, 0) is 47.2 Å². The van der Waals surface area contributed by atoms with Crippen molar-refractivity contribution in [2.24, 2.45) is 7.05 Å². The van der Waals surface area contributed by atoms with Gasteiger partial charge in [-0.25, -0.2) is 4.52 Å². The minimum Gasteiger partial charge on any atom is -0.353 e. The largest absolute Gasteiger partial charge is 0.353 e. The van der Waals surface area contributed by atoms with Crippen LogP contribution in [-0.4, -0.2) is 63.4 Å². The lowest BCUT2D eigenvalue weighted by molar-refractivity contribution is 0.102. The summed E-state index contributed by atoms with van der Waals surface area (Å²) in [5.41, 5.74) is 2.01. The Hall–Kier alpha value is -2.39. The fourth-order valence-electron chi connectivity index (χ4n) is 3.09. The van der Waals surface area contributed by atoms with Crippen molar-refractivity contribution < 1.29 is 4.79 Å². The van der Waals surface area contributed by atoms with Crippen molar-refractivity contribution in [1.29, 1.82) is 0 Å². The van der Waals surface area contributed by atoms with Gasteiger partial charge in [0.15, 0.2) is 4.60 Å². The molecule has 136 valence electrons. The highest BCUT2D eigenvalue weighted by molar-refractivity contribution is 9.10. The van der Waals surface area contributed by atoms with Gasteiger partial charge in [0, 0.05) is 39.4 Å². The number of aromatic nitrogens is 4. The van der Waals surface area contributed by atoms with Crippen LogP contribution in [0.5, 0.6) is 0 Å². The molecule has 1 saturated heterocycles. The standard InChI is InChI=1S/C17H20BrN7O/c1-22-7-9-24(10-8-22)15-6-4-12-3-5-14(25(12)20-15)17(26)19-13-11-23(2)21-16(13)18/h3-6,11H,7-10H2,1-2H3,(H,19,26). The minimum atomic E-state index is -0.221. The van der Waals surface area contributed by atoms with Crippen LogP contribution in [0.1, 0.15) is 10.5 Å². The second-order valence-electron chi connectivity index (χ2n) is 6.50. The van der Waals surface area contributed by atoms with Gasteiger partial charge >= 0.3 is 0 Å². The van der Waals surface area contributed by atoms with E-state index in [0.29, 0.717) is 16.0 Å². The molecule has 1 aliphatic rings. The SMILES string of the molecule is CN1CCN(c2ccc3ccc(C(=O)Nc4cn(C)nc4Br)n3n2)CC1. The van der Waals surface area contributed by atoms with Crippen molar-refractivity contribution in [2.75, 3.05) is 43.4 Å². The molecule has 0 atom stereocenters. The fraction of sp³-hybridized carbons (Fsp3) is 0.353. The highest BCUT2D eigenvalue weighted by atomic mass is 79.9. The molecule has 0 spiro atoms. The first-order valence-corrected chi connectivity index (χ1v) is 9.23. The molecular formula is C17H20BrN7O. The average molecular weight is 418 g/mol. The lowest BCUT2D eigenvalue weighted by Gasteiger charge is -2.33. The molecule has 26 heavy (non-hydrogen) atoms. The second-order valence-corrected chi connectivity index (χ2v) is 7.25. The number of rotatable bonds is 3. The quantitative estimate of drug-likeness (QED) is 0.703. The van der Waals surface area contributed by atoms with Crippen LogP contribution in [0.4, 0.5) is 11.5 Å². The van der Waals surface area contributed by atoms with E-state index in [4.69, 9.17) is 5.10 Å².